The number of nitrogens with two attached hydrogens (primary N) is 1. The molecule has 3 N–H and O–H groups in total. The molecule has 0 fully saturated rings. The zero-order chi connectivity index (χ0) is 13.1. The van der Waals surface area contributed by atoms with Gasteiger partial charge in [0, 0.05) is 11.8 Å². The minimum atomic E-state index is -0.399. The average Bonchev–Trinajstić information content (AvgIpc) is 2.34. The average molecular weight is 261 g/mol. The van der Waals surface area contributed by atoms with E-state index in [1.165, 1.54) is 6.07 Å². The van der Waals surface area contributed by atoms with Crippen LogP contribution in [0.1, 0.15) is 11.3 Å². The predicted molar refractivity (Wildman–Crippen MR) is 74.5 cm³/mol. The highest BCUT2D eigenvalue weighted by molar-refractivity contribution is 7.80. The summed E-state index contributed by atoms with van der Waals surface area (Å²) in [4.78, 5) is 4.30. The Morgan fingerprint density at radius 2 is 2.11 bits per heavy atom. The first-order valence-corrected chi connectivity index (χ1v) is 5.77. The van der Waals surface area contributed by atoms with Crippen molar-refractivity contribution in [2.45, 2.75) is 6.92 Å². The topological polar surface area (TPSA) is 50.9 Å². The fraction of sp³-hybridized carbons (Fsp3) is 0.0769. The Kier molecular flexibility index (Phi) is 3.53. The number of hydrogen-bond donors (Lipinski definition) is 2. The maximum atomic E-state index is 13.8. The standard InChI is InChI=1S/C13H12FN3S/c1-8-11(3-2-6-16-8)17-12-5-4-9(13(15)18)7-10(12)14/h2-7,17H,1H3,(H2,15,18). The smallest absolute Gasteiger partial charge is 0.147 e. The van der Waals surface area contributed by atoms with Gasteiger partial charge in [0.1, 0.15) is 10.8 Å². The number of anilines is 2. The normalized spacial score (nSPS) is 10.1. The van der Waals surface area contributed by atoms with Crippen LogP contribution in [0.4, 0.5) is 15.8 Å². The van der Waals surface area contributed by atoms with Crippen molar-refractivity contribution in [3.05, 3.63) is 53.6 Å². The number of rotatable bonds is 3. The third-order valence-corrected chi connectivity index (χ3v) is 2.77. The Morgan fingerprint density at radius 3 is 2.72 bits per heavy atom. The van der Waals surface area contributed by atoms with Crippen molar-refractivity contribution < 1.29 is 4.39 Å². The molecular weight excluding hydrogens is 249 g/mol. The molecule has 0 spiro atoms. The van der Waals surface area contributed by atoms with Crippen LogP contribution in [0.2, 0.25) is 0 Å². The number of nitrogens with zero attached hydrogens (tertiary/aromatic N) is 1. The van der Waals surface area contributed by atoms with Gasteiger partial charge >= 0.3 is 0 Å². The lowest BCUT2D eigenvalue weighted by atomic mass is 10.2. The molecule has 0 bridgehead atoms. The molecule has 0 atom stereocenters. The third kappa shape index (κ3) is 2.62. The lowest BCUT2D eigenvalue weighted by Crippen LogP contribution is -2.10. The first kappa shape index (κ1) is 12.4. The molecule has 0 unspecified atom stereocenters. The zero-order valence-electron chi connectivity index (χ0n) is 9.77. The summed E-state index contributed by atoms with van der Waals surface area (Å²) in [5, 5.41) is 2.99. The van der Waals surface area contributed by atoms with Gasteiger partial charge in [0.05, 0.1) is 17.1 Å². The van der Waals surface area contributed by atoms with Crippen LogP contribution in [0.5, 0.6) is 0 Å². The van der Waals surface area contributed by atoms with E-state index in [0.717, 1.165) is 11.4 Å². The predicted octanol–water partition coefficient (Wildman–Crippen LogP) is 2.91. The SMILES string of the molecule is Cc1ncccc1Nc1ccc(C(N)=S)cc1F. The molecule has 1 aromatic carbocycles. The van der Waals surface area contributed by atoms with E-state index in [1.807, 2.05) is 13.0 Å². The Bertz CT molecular complexity index is 599. The molecule has 2 aromatic rings. The van der Waals surface area contributed by atoms with E-state index in [-0.39, 0.29) is 4.99 Å². The van der Waals surface area contributed by atoms with Gasteiger partial charge in [-0.3, -0.25) is 4.98 Å². The minimum absolute atomic E-state index is 0.179. The number of thiocarbonyl (C=S) groups is 1. The van der Waals surface area contributed by atoms with Crippen LogP contribution in [0.25, 0.3) is 0 Å². The van der Waals surface area contributed by atoms with Gasteiger partial charge < -0.3 is 11.1 Å². The third-order valence-electron chi connectivity index (χ3n) is 2.53. The van der Waals surface area contributed by atoms with E-state index in [1.54, 1.807) is 24.4 Å². The monoisotopic (exact) mass is 261 g/mol. The van der Waals surface area contributed by atoms with Crippen LogP contribution < -0.4 is 11.1 Å². The van der Waals surface area contributed by atoms with Crippen LogP contribution in [0.3, 0.4) is 0 Å². The molecule has 0 aliphatic carbocycles. The van der Waals surface area contributed by atoms with Gasteiger partial charge in [0.25, 0.3) is 0 Å². The Morgan fingerprint density at radius 1 is 1.33 bits per heavy atom. The van der Waals surface area contributed by atoms with Gasteiger partial charge in [0.15, 0.2) is 0 Å². The van der Waals surface area contributed by atoms with Crippen molar-refractivity contribution in [1.29, 1.82) is 0 Å². The van der Waals surface area contributed by atoms with Crippen molar-refractivity contribution >= 4 is 28.6 Å². The van der Waals surface area contributed by atoms with Crippen molar-refractivity contribution in [1.82, 2.24) is 4.98 Å². The maximum absolute atomic E-state index is 13.8. The number of nitrogens with one attached hydrogen (secondary N) is 1. The number of hydrogen-bond acceptors (Lipinski definition) is 3. The summed E-state index contributed by atoms with van der Waals surface area (Å²) in [5.41, 5.74) is 7.89. The van der Waals surface area contributed by atoms with Crippen molar-refractivity contribution in [2.75, 3.05) is 5.32 Å². The highest BCUT2D eigenvalue weighted by atomic mass is 32.1. The van der Waals surface area contributed by atoms with Crippen LogP contribution in [0.15, 0.2) is 36.5 Å². The second-order valence-electron chi connectivity index (χ2n) is 3.82. The molecule has 0 aliphatic rings. The summed E-state index contributed by atoms with van der Waals surface area (Å²) in [7, 11) is 0. The van der Waals surface area contributed by atoms with Gasteiger partial charge in [-0.2, -0.15) is 0 Å². The summed E-state index contributed by atoms with van der Waals surface area (Å²) < 4.78 is 13.8. The molecule has 5 heteroatoms. The Hall–Kier alpha value is -2.01. The van der Waals surface area contributed by atoms with E-state index >= 15 is 0 Å². The molecule has 0 radical (unpaired) electrons. The summed E-state index contributed by atoms with van der Waals surface area (Å²) in [5.74, 6) is -0.399. The summed E-state index contributed by atoms with van der Waals surface area (Å²) in [6.45, 7) is 1.85. The minimum Gasteiger partial charge on any atom is -0.389 e. The van der Waals surface area contributed by atoms with Crippen LogP contribution in [-0.2, 0) is 0 Å². The van der Waals surface area contributed by atoms with Gasteiger partial charge in [-0.1, -0.05) is 12.2 Å². The number of halogens is 1. The fourth-order valence-electron chi connectivity index (χ4n) is 1.53. The molecule has 0 saturated carbocycles. The van der Waals surface area contributed by atoms with Crippen molar-refractivity contribution in [3.8, 4) is 0 Å². The van der Waals surface area contributed by atoms with Gasteiger partial charge in [-0.05, 0) is 37.3 Å². The van der Waals surface area contributed by atoms with E-state index in [9.17, 15) is 4.39 Å². The van der Waals surface area contributed by atoms with E-state index < -0.39 is 5.82 Å². The maximum Gasteiger partial charge on any atom is 0.147 e. The summed E-state index contributed by atoms with van der Waals surface area (Å²) in [6, 6.07) is 8.23. The summed E-state index contributed by atoms with van der Waals surface area (Å²) in [6.07, 6.45) is 1.69. The molecule has 0 aliphatic heterocycles. The van der Waals surface area contributed by atoms with E-state index in [0.29, 0.717) is 11.3 Å². The zero-order valence-corrected chi connectivity index (χ0v) is 10.6. The Balaban J connectivity index is 2.30. The highest BCUT2D eigenvalue weighted by Gasteiger charge is 2.06. The van der Waals surface area contributed by atoms with Crippen molar-refractivity contribution in [3.63, 3.8) is 0 Å². The molecule has 1 heterocycles. The van der Waals surface area contributed by atoms with Crippen molar-refractivity contribution in [2.24, 2.45) is 5.73 Å². The second kappa shape index (κ2) is 5.10. The molecule has 3 nitrogen and oxygen atoms in total. The largest absolute Gasteiger partial charge is 0.389 e. The molecule has 18 heavy (non-hydrogen) atoms. The fourth-order valence-corrected chi connectivity index (χ4v) is 1.66. The lowest BCUT2D eigenvalue weighted by Gasteiger charge is -2.10. The van der Waals surface area contributed by atoms with Gasteiger partial charge in [-0.15, -0.1) is 0 Å². The molecule has 92 valence electrons. The summed E-state index contributed by atoms with van der Waals surface area (Å²) >= 11 is 4.80. The molecule has 2 rings (SSSR count). The van der Waals surface area contributed by atoms with Gasteiger partial charge in [-0.25, -0.2) is 4.39 Å². The quantitative estimate of drug-likeness (QED) is 0.834. The molecular formula is C13H12FN3S. The number of benzene rings is 1. The first-order chi connectivity index (χ1) is 8.58. The number of pyridine rings is 1. The van der Waals surface area contributed by atoms with Crippen LogP contribution >= 0.6 is 12.2 Å². The molecule has 0 amide bonds. The van der Waals surface area contributed by atoms with Crippen LogP contribution in [0, 0.1) is 12.7 Å². The van der Waals surface area contributed by atoms with E-state index in [4.69, 9.17) is 18.0 Å². The Labute approximate surface area is 110 Å². The van der Waals surface area contributed by atoms with Gasteiger partial charge in [0.2, 0.25) is 0 Å². The van der Waals surface area contributed by atoms with Crippen LogP contribution in [-0.4, -0.2) is 9.97 Å². The molecule has 1 aromatic heterocycles. The first-order valence-electron chi connectivity index (χ1n) is 5.36. The number of aromatic nitrogens is 1. The van der Waals surface area contributed by atoms with E-state index in [2.05, 4.69) is 10.3 Å². The highest BCUT2D eigenvalue weighted by Crippen LogP contribution is 2.22. The lowest BCUT2D eigenvalue weighted by molar-refractivity contribution is 0.631. The molecule has 0 saturated heterocycles. The second-order valence-corrected chi connectivity index (χ2v) is 4.26. The number of aryl methyl sites for hydroxylation is 1.